The van der Waals surface area contributed by atoms with Crippen LogP contribution in [-0.4, -0.2) is 63.1 Å². The number of piperidine rings is 1. The number of benzene rings is 1. The van der Waals surface area contributed by atoms with Crippen molar-refractivity contribution < 1.29 is 4.79 Å². The monoisotopic (exact) mass is 413 g/mol. The van der Waals surface area contributed by atoms with E-state index in [2.05, 4.69) is 68.4 Å². The van der Waals surface area contributed by atoms with E-state index in [0.29, 0.717) is 6.04 Å². The van der Waals surface area contributed by atoms with Crippen molar-refractivity contribution in [3.63, 3.8) is 0 Å². The number of amides is 1. The lowest BCUT2D eigenvalue weighted by molar-refractivity contribution is -0.127. The number of hydrogen-bond acceptors (Lipinski definition) is 4. The van der Waals surface area contributed by atoms with Crippen molar-refractivity contribution >= 4 is 28.9 Å². The highest BCUT2D eigenvalue weighted by molar-refractivity contribution is 7.09. The van der Waals surface area contributed by atoms with Crippen molar-refractivity contribution in [1.82, 2.24) is 15.5 Å². The Morgan fingerprint density at radius 2 is 1.93 bits per heavy atom. The molecule has 6 nitrogen and oxygen atoms in total. The quantitative estimate of drug-likeness (QED) is 0.541. The maximum absolute atomic E-state index is 12.0. The van der Waals surface area contributed by atoms with Crippen LogP contribution in [0.1, 0.15) is 17.7 Å². The van der Waals surface area contributed by atoms with E-state index in [1.54, 1.807) is 30.3 Å². The van der Waals surface area contributed by atoms with Crippen LogP contribution in [0.15, 0.2) is 52.8 Å². The molecule has 0 atom stereocenters. The summed E-state index contributed by atoms with van der Waals surface area (Å²) in [5.74, 6) is 0.734. The topological polar surface area (TPSA) is 60.0 Å². The molecule has 2 N–H and O–H groups in total. The van der Waals surface area contributed by atoms with E-state index in [0.717, 1.165) is 44.9 Å². The summed E-state index contributed by atoms with van der Waals surface area (Å²) < 4.78 is 0. The summed E-state index contributed by atoms with van der Waals surface area (Å²) in [5, 5.41) is 9.05. The Morgan fingerprint density at radius 1 is 1.17 bits per heavy atom. The normalized spacial score (nSPS) is 15.2. The molecule has 1 fully saturated rings. The Kier molecular flexibility index (Phi) is 7.93. The summed E-state index contributed by atoms with van der Waals surface area (Å²) in [7, 11) is 3.52. The van der Waals surface area contributed by atoms with Crippen molar-refractivity contribution in [2.75, 3.05) is 45.2 Å². The summed E-state index contributed by atoms with van der Waals surface area (Å²) in [4.78, 5) is 21.8. The highest BCUT2D eigenvalue weighted by Crippen LogP contribution is 2.19. The maximum Gasteiger partial charge on any atom is 0.243 e. The number of nitrogens with one attached hydrogen (secondary N) is 2. The van der Waals surface area contributed by atoms with E-state index in [1.165, 1.54) is 10.6 Å². The number of carbonyl (C=O) groups is 1. The van der Waals surface area contributed by atoms with E-state index >= 15 is 0 Å². The van der Waals surface area contributed by atoms with Crippen LogP contribution in [0.3, 0.4) is 0 Å². The van der Waals surface area contributed by atoms with Crippen LogP contribution < -0.4 is 15.5 Å². The summed E-state index contributed by atoms with van der Waals surface area (Å²) in [5.41, 5.74) is 1.28. The molecule has 0 saturated carbocycles. The number of likely N-dealkylation sites (N-methyl/N-ethyl adjacent to an activating group) is 1. The highest BCUT2D eigenvalue weighted by Gasteiger charge is 2.20. The summed E-state index contributed by atoms with van der Waals surface area (Å²) in [6.45, 7) is 2.98. The van der Waals surface area contributed by atoms with Crippen molar-refractivity contribution in [2.24, 2.45) is 4.99 Å². The van der Waals surface area contributed by atoms with Gasteiger partial charge < -0.3 is 20.4 Å². The fraction of sp³-hybridized carbons (Fsp3) is 0.455. The van der Waals surface area contributed by atoms with Crippen LogP contribution in [0.25, 0.3) is 0 Å². The Morgan fingerprint density at radius 3 is 2.59 bits per heavy atom. The molecule has 0 radical (unpaired) electrons. The Balaban J connectivity index is 1.52. The Hall–Kier alpha value is -2.54. The van der Waals surface area contributed by atoms with E-state index in [9.17, 15) is 4.79 Å². The minimum Gasteiger partial charge on any atom is -0.371 e. The second-order valence-corrected chi connectivity index (χ2v) is 8.48. The number of rotatable bonds is 7. The van der Waals surface area contributed by atoms with E-state index in [4.69, 9.17) is 0 Å². The first-order valence-electron chi connectivity index (χ1n) is 10.2. The fourth-order valence-corrected chi connectivity index (χ4v) is 4.02. The Labute approximate surface area is 177 Å². The Bertz CT molecular complexity index is 768. The minimum atomic E-state index is 0.00301. The van der Waals surface area contributed by atoms with Gasteiger partial charge in [-0.2, -0.15) is 0 Å². The van der Waals surface area contributed by atoms with Gasteiger partial charge in [-0.25, -0.2) is 4.99 Å². The summed E-state index contributed by atoms with van der Waals surface area (Å²) in [6, 6.07) is 15.1. The SMILES string of the molecule is CN(C)C(=O)CN=C(NCCc1cccs1)NC1CCN(c2ccccc2)CC1. The molecule has 0 unspecified atom stereocenters. The molecule has 2 heterocycles. The average molecular weight is 414 g/mol. The first-order chi connectivity index (χ1) is 14.1. The van der Waals surface area contributed by atoms with Gasteiger partial charge in [-0.3, -0.25) is 4.79 Å². The van der Waals surface area contributed by atoms with E-state index < -0.39 is 0 Å². The minimum absolute atomic E-state index is 0.00301. The molecule has 1 aromatic carbocycles. The molecule has 2 aromatic rings. The van der Waals surface area contributed by atoms with Gasteiger partial charge in [-0.1, -0.05) is 24.3 Å². The molecule has 1 saturated heterocycles. The molecular weight excluding hydrogens is 382 g/mol. The van der Waals surface area contributed by atoms with Gasteiger partial charge in [0.1, 0.15) is 6.54 Å². The van der Waals surface area contributed by atoms with Crippen LogP contribution in [0.2, 0.25) is 0 Å². The summed E-state index contributed by atoms with van der Waals surface area (Å²) in [6.07, 6.45) is 3.04. The van der Waals surface area contributed by atoms with Gasteiger partial charge in [0, 0.05) is 50.3 Å². The number of hydrogen-bond donors (Lipinski definition) is 2. The zero-order chi connectivity index (χ0) is 20.5. The van der Waals surface area contributed by atoms with Gasteiger partial charge in [0.05, 0.1) is 0 Å². The zero-order valence-electron chi connectivity index (χ0n) is 17.3. The first-order valence-corrected chi connectivity index (χ1v) is 11.1. The molecule has 7 heteroatoms. The predicted octanol–water partition coefficient (Wildman–Crippen LogP) is 2.58. The first kappa shape index (κ1) is 21.2. The van der Waals surface area contributed by atoms with Gasteiger partial charge in [0.15, 0.2) is 5.96 Å². The largest absolute Gasteiger partial charge is 0.371 e. The number of nitrogens with zero attached hydrogens (tertiary/aromatic N) is 3. The molecular formula is C22H31N5OS. The third-order valence-electron chi connectivity index (χ3n) is 5.07. The number of anilines is 1. The summed E-state index contributed by atoms with van der Waals surface area (Å²) >= 11 is 1.76. The number of thiophene rings is 1. The van der Waals surface area contributed by atoms with Crippen molar-refractivity contribution in [3.05, 3.63) is 52.7 Å². The van der Waals surface area contributed by atoms with Crippen molar-refractivity contribution in [1.29, 1.82) is 0 Å². The van der Waals surface area contributed by atoms with Crippen molar-refractivity contribution in [2.45, 2.75) is 25.3 Å². The van der Waals surface area contributed by atoms with Crippen LogP contribution in [0, 0.1) is 0 Å². The molecule has 0 bridgehead atoms. The van der Waals surface area contributed by atoms with Gasteiger partial charge in [-0.15, -0.1) is 11.3 Å². The predicted molar refractivity (Wildman–Crippen MR) is 122 cm³/mol. The van der Waals surface area contributed by atoms with Crippen LogP contribution in [0.4, 0.5) is 5.69 Å². The third-order valence-corrected chi connectivity index (χ3v) is 6.01. The second kappa shape index (κ2) is 10.9. The van der Waals surface area contributed by atoms with Crippen molar-refractivity contribution in [3.8, 4) is 0 Å². The third kappa shape index (κ3) is 6.78. The molecule has 29 heavy (non-hydrogen) atoms. The van der Waals surface area contributed by atoms with E-state index in [-0.39, 0.29) is 12.5 Å². The molecule has 1 aliphatic rings. The number of aliphatic imine (C=N–C) groups is 1. The highest BCUT2D eigenvalue weighted by atomic mass is 32.1. The van der Waals surface area contributed by atoms with Crippen LogP contribution in [0.5, 0.6) is 0 Å². The van der Waals surface area contributed by atoms with Gasteiger partial charge in [0.25, 0.3) is 0 Å². The molecule has 0 aliphatic carbocycles. The standard InChI is InChI=1S/C22H31N5OS/c1-26(2)21(28)17-24-22(23-13-10-20-9-6-16-29-20)25-18-11-14-27(15-12-18)19-7-4-3-5-8-19/h3-9,16,18H,10-15,17H2,1-2H3,(H2,23,24,25). The lowest BCUT2D eigenvalue weighted by Gasteiger charge is -2.34. The molecule has 1 aromatic heterocycles. The molecule has 3 rings (SSSR count). The molecule has 1 amide bonds. The zero-order valence-corrected chi connectivity index (χ0v) is 18.1. The smallest absolute Gasteiger partial charge is 0.243 e. The molecule has 156 valence electrons. The number of para-hydroxylation sites is 1. The van der Waals surface area contributed by atoms with E-state index in [1.807, 2.05) is 0 Å². The van der Waals surface area contributed by atoms with Gasteiger partial charge in [0.2, 0.25) is 5.91 Å². The van der Waals surface area contributed by atoms with Crippen LogP contribution >= 0.6 is 11.3 Å². The number of guanidine groups is 1. The average Bonchev–Trinajstić information content (AvgIpc) is 3.26. The maximum atomic E-state index is 12.0. The molecule has 1 aliphatic heterocycles. The van der Waals surface area contributed by atoms with Gasteiger partial charge >= 0.3 is 0 Å². The van der Waals surface area contributed by atoms with Crippen LogP contribution in [-0.2, 0) is 11.2 Å². The number of carbonyl (C=O) groups excluding carboxylic acids is 1. The second-order valence-electron chi connectivity index (χ2n) is 7.45. The van der Waals surface area contributed by atoms with Gasteiger partial charge in [-0.05, 0) is 42.8 Å². The lowest BCUT2D eigenvalue weighted by atomic mass is 10.0. The fourth-order valence-electron chi connectivity index (χ4n) is 3.31. The lowest BCUT2D eigenvalue weighted by Crippen LogP contribution is -2.49. The molecule has 0 spiro atoms.